The van der Waals surface area contributed by atoms with Crippen LogP contribution in [0.25, 0.3) is 0 Å². The van der Waals surface area contributed by atoms with E-state index in [0.29, 0.717) is 11.3 Å². The van der Waals surface area contributed by atoms with Crippen LogP contribution in [0.15, 0.2) is 78.9 Å². The second-order valence-corrected chi connectivity index (χ2v) is 6.96. The standard InChI is InChI=1S/C24H25N3O2/c1-17-8-6-12-21(14-17)25-16-23(28)27-22-13-7-11-20(15-22)24(29)26-18(2)19-9-4-3-5-10-19/h3-15,18,25H,16H2,1-2H3,(H,26,29)(H,27,28). The summed E-state index contributed by atoms with van der Waals surface area (Å²) in [6.45, 7) is 4.08. The molecular formula is C24H25N3O2. The van der Waals surface area contributed by atoms with E-state index >= 15 is 0 Å². The molecule has 3 N–H and O–H groups in total. The second kappa shape index (κ2) is 9.55. The molecule has 0 fully saturated rings. The van der Waals surface area contributed by atoms with Crippen LogP contribution in [-0.2, 0) is 4.79 Å². The Morgan fingerprint density at radius 2 is 1.59 bits per heavy atom. The van der Waals surface area contributed by atoms with Crippen LogP contribution in [0.4, 0.5) is 11.4 Å². The van der Waals surface area contributed by atoms with E-state index in [2.05, 4.69) is 16.0 Å². The van der Waals surface area contributed by atoms with Gasteiger partial charge in [-0.05, 0) is 55.3 Å². The molecule has 0 spiro atoms. The number of hydrogen-bond donors (Lipinski definition) is 3. The molecule has 0 aromatic heterocycles. The second-order valence-electron chi connectivity index (χ2n) is 6.96. The molecule has 1 atom stereocenters. The van der Waals surface area contributed by atoms with Crippen molar-refractivity contribution in [3.63, 3.8) is 0 Å². The number of benzene rings is 3. The number of rotatable bonds is 7. The highest BCUT2D eigenvalue weighted by Crippen LogP contribution is 2.15. The minimum absolute atomic E-state index is 0.111. The lowest BCUT2D eigenvalue weighted by atomic mass is 10.1. The number of hydrogen-bond acceptors (Lipinski definition) is 3. The van der Waals surface area contributed by atoms with E-state index in [9.17, 15) is 9.59 Å². The first-order chi connectivity index (χ1) is 14.0. The largest absolute Gasteiger partial charge is 0.376 e. The van der Waals surface area contributed by atoms with Gasteiger partial charge in [0.1, 0.15) is 0 Å². The van der Waals surface area contributed by atoms with Gasteiger partial charge in [-0.3, -0.25) is 9.59 Å². The Morgan fingerprint density at radius 1 is 0.862 bits per heavy atom. The first-order valence-corrected chi connectivity index (χ1v) is 9.57. The molecule has 0 heterocycles. The predicted molar refractivity (Wildman–Crippen MR) is 117 cm³/mol. The summed E-state index contributed by atoms with van der Waals surface area (Å²) in [6, 6.07) is 24.4. The Morgan fingerprint density at radius 3 is 2.34 bits per heavy atom. The number of aryl methyl sites for hydroxylation is 1. The van der Waals surface area contributed by atoms with Crippen molar-refractivity contribution >= 4 is 23.2 Å². The summed E-state index contributed by atoms with van der Waals surface area (Å²) in [6.07, 6.45) is 0. The Kier molecular flexibility index (Phi) is 6.63. The van der Waals surface area contributed by atoms with Crippen LogP contribution in [0.1, 0.15) is 34.5 Å². The molecule has 0 aliphatic heterocycles. The van der Waals surface area contributed by atoms with Gasteiger partial charge in [0.15, 0.2) is 0 Å². The molecule has 29 heavy (non-hydrogen) atoms. The predicted octanol–water partition coefficient (Wildman–Crippen LogP) is 4.54. The van der Waals surface area contributed by atoms with Gasteiger partial charge in [0.25, 0.3) is 5.91 Å². The van der Waals surface area contributed by atoms with Crippen LogP contribution in [0.2, 0.25) is 0 Å². The first kappa shape index (κ1) is 20.1. The highest BCUT2D eigenvalue weighted by atomic mass is 16.2. The topological polar surface area (TPSA) is 70.2 Å². The van der Waals surface area contributed by atoms with Crippen LogP contribution in [0, 0.1) is 6.92 Å². The van der Waals surface area contributed by atoms with E-state index < -0.39 is 0 Å². The van der Waals surface area contributed by atoms with Crippen molar-refractivity contribution in [1.82, 2.24) is 5.32 Å². The molecule has 5 heteroatoms. The lowest BCUT2D eigenvalue weighted by Gasteiger charge is -2.15. The maximum atomic E-state index is 12.6. The van der Waals surface area contributed by atoms with Crippen LogP contribution >= 0.6 is 0 Å². The van der Waals surface area contributed by atoms with Crippen molar-refractivity contribution in [3.8, 4) is 0 Å². The Bertz CT molecular complexity index is 986. The molecule has 1 unspecified atom stereocenters. The fourth-order valence-corrected chi connectivity index (χ4v) is 2.99. The van der Waals surface area contributed by atoms with E-state index in [4.69, 9.17) is 0 Å². The molecule has 0 aliphatic carbocycles. The van der Waals surface area contributed by atoms with Gasteiger partial charge in [0.2, 0.25) is 5.91 Å². The maximum absolute atomic E-state index is 12.6. The molecule has 5 nitrogen and oxygen atoms in total. The van der Waals surface area contributed by atoms with Crippen LogP contribution in [0.5, 0.6) is 0 Å². The molecule has 148 valence electrons. The molecule has 3 aromatic carbocycles. The number of amides is 2. The van der Waals surface area contributed by atoms with Crippen molar-refractivity contribution < 1.29 is 9.59 Å². The number of nitrogens with one attached hydrogen (secondary N) is 3. The summed E-state index contributed by atoms with van der Waals surface area (Å²) in [5.41, 5.74) is 4.13. The first-order valence-electron chi connectivity index (χ1n) is 9.57. The monoisotopic (exact) mass is 387 g/mol. The maximum Gasteiger partial charge on any atom is 0.251 e. The summed E-state index contributed by atoms with van der Waals surface area (Å²) < 4.78 is 0. The van der Waals surface area contributed by atoms with Gasteiger partial charge in [-0.25, -0.2) is 0 Å². The third kappa shape index (κ3) is 5.94. The SMILES string of the molecule is Cc1cccc(NCC(=O)Nc2cccc(C(=O)NC(C)c3ccccc3)c2)c1. The summed E-state index contributed by atoms with van der Waals surface area (Å²) in [5.74, 6) is -0.364. The van der Waals surface area contributed by atoms with Crippen molar-refractivity contribution in [2.75, 3.05) is 17.2 Å². The third-order valence-electron chi connectivity index (χ3n) is 4.53. The zero-order chi connectivity index (χ0) is 20.6. The number of carbonyl (C=O) groups excluding carboxylic acids is 2. The highest BCUT2D eigenvalue weighted by molar-refractivity contribution is 5.98. The lowest BCUT2D eigenvalue weighted by Crippen LogP contribution is -2.27. The Hall–Kier alpha value is -3.60. The van der Waals surface area contributed by atoms with Gasteiger partial charge < -0.3 is 16.0 Å². The van der Waals surface area contributed by atoms with Gasteiger partial charge in [-0.15, -0.1) is 0 Å². The summed E-state index contributed by atoms with van der Waals surface area (Å²) >= 11 is 0. The summed E-state index contributed by atoms with van der Waals surface area (Å²) in [4.78, 5) is 24.8. The summed E-state index contributed by atoms with van der Waals surface area (Å²) in [5, 5.41) is 8.90. The normalized spacial score (nSPS) is 11.4. The minimum Gasteiger partial charge on any atom is -0.376 e. The molecule has 0 saturated carbocycles. The fourth-order valence-electron chi connectivity index (χ4n) is 2.99. The van der Waals surface area contributed by atoms with Crippen molar-refractivity contribution in [3.05, 3.63) is 95.6 Å². The third-order valence-corrected chi connectivity index (χ3v) is 4.53. The lowest BCUT2D eigenvalue weighted by molar-refractivity contribution is -0.114. The molecular weight excluding hydrogens is 362 g/mol. The molecule has 3 aromatic rings. The fraction of sp³-hybridized carbons (Fsp3) is 0.167. The molecule has 0 radical (unpaired) electrons. The van der Waals surface area contributed by atoms with Gasteiger partial charge in [-0.2, -0.15) is 0 Å². The van der Waals surface area contributed by atoms with Gasteiger partial charge in [0, 0.05) is 16.9 Å². The number of anilines is 2. The van der Waals surface area contributed by atoms with Gasteiger partial charge in [-0.1, -0.05) is 48.5 Å². The Balaban J connectivity index is 1.57. The minimum atomic E-state index is -0.185. The van der Waals surface area contributed by atoms with E-state index in [1.54, 1.807) is 24.3 Å². The zero-order valence-electron chi connectivity index (χ0n) is 16.6. The zero-order valence-corrected chi connectivity index (χ0v) is 16.6. The van der Waals surface area contributed by atoms with Crippen molar-refractivity contribution in [1.29, 1.82) is 0 Å². The van der Waals surface area contributed by atoms with E-state index in [0.717, 1.165) is 16.8 Å². The number of carbonyl (C=O) groups is 2. The van der Waals surface area contributed by atoms with E-state index in [1.165, 1.54) is 0 Å². The smallest absolute Gasteiger partial charge is 0.251 e. The summed E-state index contributed by atoms with van der Waals surface area (Å²) in [7, 11) is 0. The average molecular weight is 387 g/mol. The molecule has 3 rings (SSSR count). The van der Waals surface area contributed by atoms with Crippen LogP contribution in [-0.4, -0.2) is 18.4 Å². The highest BCUT2D eigenvalue weighted by Gasteiger charge is 2.12. The molecule has 2 amide bonds. The molecule has 0 bridgehead atoms. The quantitative estimate of drug-likeness (QED) is 0.558. The van der Waals surface area contributed by atoms with Gasteiger partial charge in [0.05, 0.1) is 12.6 Å². The van der Waals surface area contributed by atoms with Crippen LogP contribution in [0.3, 0.4) is 0 Å². The Labute approximate surface area is 171 Å². The average Bonchev–Trinajstić information content (AvgIpc) is 2.73. The molecule has 0 saturated heterocycles. The van der Waals surface area contributed by atoms with E-state index in [1.807, 2.05) is 68.4 Å². The molecule has 0 aliphatic rings. The van der Waals surface area contributed by atoms with Gasteiger partial charge >= 0.3 is 0 Å². The van der Waals surface area contributed by atoms with Crippen molar-refractivity contribution in [2.24, 2.45) is 0 Å². The van der Waals surface area contributed by atoms with Crippen LogP contribution < -0.4 is 16.0 Å². The van der Waals surface area contributed by atoms with Crippen molar-refractivity contribution in [2.45, 2.75) is 19.9 Å². The van der Waals surface area contributed by atoms with E-state index in [-0.39, 0.29) is 24.4 Å².